The number of nitrogens with zero attached hydrogens (tertiary/aromatic N) is 3. The lowest BCUT2D eigenvalue weighted by Crippen LogP contribution is -2.35. The molecule has 2 rings (SSSR count). The van der Waals surface area contributed by atoms with E-state index in [9.17, 15) is 4.79 Å². The number of terminal acetylenes is 1. The van der Waals surface area contributed by atoms with Gasteiger partial charge in [0, 0.05) is 55.4 Å². The number of rotatable bonds is 6. The first kappa shape index (κ1) is 32.4. The number of H-pyrrole nitrogens is 1. The fraction of sp³-hybridized carbons (Fsp3) is 0.357. The maximum Gasteiger partial charge on any atom is 0.339 e. The molecule has 1 aliphatic heterocycles. The summed E-state index contributed by atoms with van der Waals surface area (Å²) >= 11 is 5.69. The molecule has 194 valence electrons. The lowest BCUT2D eigenvalue weighted by atomic mass is 9.91. The molecule has 0 aromatic carbocycles. The molecule has 2 N–H and O–H groups in total. The Morgan fingerprint density at radius 1 is 1.39 bits per heavy atom. The minimum atomic E-state index is -0.765. The molecule has 36 heavy (non-hydrogen) atoms. The highest BCUT2D eigenvalue weighted by Gasteiger charge is 2.41. The molecule has 2 heterocycles. The first-order valence-electron chi connectivity index (χ1n) is 11.4. The predicted molar refractivity (Wildman–Crippen MR) is 151 cm³/mol. The Bertz CT molecular complexity index is 1050. The molecule has 0 aliphatic carbocycles. The van der Waals surface area contributed by atoms with Gasteiger partial charge in [0.1, 0.15) is 11.4 Å². The largest absolute Gasteiger partial charge is 0.451 e. The minimum absolute atomic E-state index is 0.360. The molecule has 0 fully saturated rings. The highest BCUT2D eigenvalue weighted by Crippen LogP contribution is 2.35. The smallest absolute Gasteiger partial charge is 0.339 e. The van der Waals surface area contributed by atoms with Gasteiger partial charge in [-0.2, -0.15) is 0 Å². The van der Waals surface area contributed by atoms with E-state index in [4.69, 9.17) is 21.7 Å². The lowest BCUT2D eigenvalue weighted by molar-refractivity contribution is -0.145. The maximum absolute atomic E-state index is 12.0. The summed E-state index contributed by atoms with van der Waals surface area (Å²) in [5.74, 6) is 2.79. The first-order valence-corrected chi connectivity index (χ1v) is 11.8. The summed E-state index contributed by atoms with van der Waals surface area (Å²) in [6, 6.07) is 5.29. The summed E-state index contributed by atoms with van der Waals surface area (Å²) in [6.07, 6.45) is 16.7. The van der Waals surface area contributed by atoms with Crippen molar-refractivity contribution in [2.75, 3.05) is 13.6 Å². The number of aromatic amines is 1. The van der Waals surface area contributed by atoms with Crippen molar-refractivity contribution >= 4 is 29.6 Å². The van der Waals surface area contributed by atoms with Crippen molar-refractivity contribution in [3.05, 3.63) is 77.0 Å². The van der Waals surface area contributed by atoms with E-state index in [2.05, 4.69) is 27.3 Å². The number of carbonyl (C=O) groups is 1. The van der Waals surface area contributed by atoms with Gasteiger partial charge in [-0.1, -0.05) is 29.3 Å². The zero-order valence-electron chi connectivity index (χ0n) is 22.3. The van der Waals surface area contributed by atoms with Crippen LogP contribution in [-0.4, -0.2) is 52.1 Å². The number of halogens is 1. The van der Waals surface area contributed by atoms with Crippen LogP contribution in [0.2, 0.25) is 5.02 Å². The third-order valence-corrected chi connectivity index (χ3v) is 5.03. The zero-order chi connectivity index (χ0) is 27.6. The Balaban J connectivity index is 0.000000775. The molecule has 0 amide bonds. The van der Waals surface area contributed by atoms with Crippen LogP contribution in [0.25, 0.3) is 0 Å². The molecular formula is C28H38ClN5O2. The van der Waals surface area contributed by atoms with E-state index in [1.54, 1.807) is 56.0 Å². The second-order valence-electron chi connectivity index (χ2n) is 8.11. The second-order valence-corrected chi connectivity index (χ2v) is 8.54. The van der Waals surface area contributed by atoms with Crippen molar-refractivity contribution in [1.82, 2.24) is 14.9 Å². The molecule has 0 bridgehead atoms. The van der Waals surface area contributed by atoms with Gasteiger partial charge in [-0.3, -0.25) is 0 Å². The fourth-order valence-corrected chi connectivity index (χ4v) is 2.95. The molecule has 1 aromatic rings. The van der Waals surface area contributed by atoms with E-state index in [1.165, 1.54) is 6.21 Å². The van der Waals surface area contributed by atoms with E-state index in [1.807, 2.05) is 52.8 Å². The van der Waals surface area contributed by atoms with Gasteiger partial charge in [-0.15, -0.1) is 12.3 Å². The van der Waals surface area contributed by atoms with Crippen molar-refractivity contribution in [2.24, 2.45) is 4.99 Å². The van der Waals surface area contributed by atoms with Gasteiger partial charge in [0.25, 0.3) is 0 Å². The molecule has 1 aliphatic rings. The normalized spacial score (nSPS) is 16.4. The summed E-state index contributed by atoms with van der Waals surface area (Å²) < 4.78 is 5.55. The third-order valence-electron chi connectivity index (χ3n) is 4.78. The van der Waals surface area contributed by atoms with Crippen molar-refractivity contribution < 1.29 is 9.53 Å². The van der Waals surface area contributed by atoms with Crippen LogP contribution in [0, 0.1) is 17.8 Å². The van der Waals surface area contributed by atoms with E-state index in [0.717, 1.165) is 11.4 Å². The van der Waals surface area contributed by atoms with Gasteiger partial charge < -0.3 is 20.0 Å². The number of aliphatic imine (C=N–C) groups is 1. The molecule has 0 saturated carbocycles. The lowest BCUT2D eigenvalue weighted by Gasteiger charge is -2.28. The van der Waals surface area contributed by atoms with Crippen LogP contribution < -0.4 is 0 Å². The number of nitrogens with one attached hydrogen (secondary N) is 2. The number of amidine groups is 1. The van der Waals surface area contributed by atoms with Crippen LogP contribution >= 0.6 is 11.6 Å². The van der Waals surface area contributed by atoms with Crippen LogP contribution in [0.4, 0.5) is 0 Å². The number of esters is 1. The topological polar surface area (TPSA) is 94.4 Å². The molecule has 7 nitrogen and oxygen atoms in total. The second kappa shape index (κ2) is 17.8. The van der Waals surface area contributed by atoms with Gasteiger partial charge in [-0.25, -0.2) is 14.8 Å². The van der Waals surface area contributed by atoms with E-state index in [-0.39, 0.29) is 5.97 Å². The SMILES string of the molecule is C#CC.C/C=C\C1=C(C=N)C(C)(CCN(C)C(C)=NC=C(C)C)OC1=O.Clc1cccnc[nH]cc1. The summed E-state index contributed by atoms with van der Waals surface area (Å²) in [5, 5.41) is 8.32. The zero-order valence-corrected chi connectivity index (χ0v) is 23.1. The molecule has 0 saturated heterocycles. The molecule has 1 aromatic heterocycles. The van der Waals surface area contributed by atoms with Gasteiger partial charge in [0.05, 0.1) is 11.9 Å². The average Bonchev–Trinajstić information content (AvgIpc) is 3.14. The molecule has 1 unspecified atom stereocenters. The Morgan fingerprint density at radius 2 is 2.06 bits per heavy atom. The van der Waals surface area contributed by atoms with Crippen molar-refractivity contribution in [3.63, 3.8) is 0 Å². The Hall–Kier alpha value is -3.63. The van der Waals surface area contributed by atoms with Gasteiger partial charge >= 0.3 is 5.97 Å². The monoisotopic (exact) mass is 511 g/mol. The van der Waals surface area contributed by atoms with Crippen molar-refractivity contribution in [2.45, 2.75) is 53.6 Å². The highest BCUT2D eigenvalue weighted by atomic mass is 35.5. The van der Waals surface area contributed by atoms with Crippen LogP contribution in [-0.2, 0) is 9.53 Å². The number of ether oxygens (including phenoxy) is 1. The molecule has 8 heteroatoms. The summed E-state index contributed by atoms with van der Waals surface area (Å²) in [4.78, 5) is 25.1. The van der Waals surface area contributed by atoms with Crippen LogP contribution in [0.5, 0.6) is 0 Å². The molecule has 0 spiro atoms. The van der Waals surface area contributed by atoms with Gasteiger partial charge in [0.15, 0.2) is 0 Å². The summed E-state index contributed by atoms with van der Waals surface area (Å²) in [5.41, 5.74) is 1.48. The third kappa shape index (κ3) is 12.2. The van der Waals surface area contributed by atoms with E-state index >= 15 is 0 Å². The summed E-state index contributed by atoms with van der Waals surface area (Å²) in [7, 11) is 1.96. The average molecular weight is 512 g/mol. The van der Waals surface area contributed by atoms with Gasteiger partial charge in [-0.05, 0) is 59.7 Å². The number of hydrogen-bond acceptors (Lipinski definition) is 5. The number of cyclic esters (lactones) is 1. The molecular weight excluding hydrogens is 474 g/mol. The molecule has 1 atom stereocenters. The number of aromatic nitrogens is 2. The molecule has 0 radical (unpaired) electrons. The Kier molecular flexibility index (Phi) is 16.0. The first-order chi connectivity index (χ1) is 17.1. The Morgan fingerprint density at radius 3 is 2.64 bits per heavy atom. The van der Waals surface area contributed by atoms with Crippen molar-refractivity contribution in [3.8, 4) is 12.3 Å². The van der Waals surface area contributed by atoms with Crippen LogP contribution in [0.1, 0.15) is 48.0 Å². The number of hydrogen-bond donors (Lipinski definition) is 2. The van der Waals surface area contributed by atoms with Crippen LogP contribution in [0.15, 0.2) is 77.0 Å². The predicted octanol–water partition coefficient (Wildman–Crippen LogP) is 6.32. The van der Waals surface area contributed by atoms with Crippen LogP contribution in [0.3, 0.4) is 0 Å². The standard InChI is InChI=1S/C18H27N3O2.C7H7ClN2.C3H4/c1-7-8-15-16(11-19)18(5,23-17(15)22)9-10-21(6)14(4)20-12-13(2)3;8-7-2-1-4-9-6-10-5-3-7;1-3-2/h7-8,11-12,19H,9-10H2,1-6H3;1-6H,(H,9,10);1H,2H3/b8-7-,19-11?,20-14?;;. The summed E-state index contributed by atoms with van der Waals surface area (Å²) in [6.45, 7) is 12.0. The maximum atomic E-state index is 12.0. The number of allylic oxidation sites excluding steroid dienone is 2. The Labute approximate surface area is 220 Å². The van der Waals surface area contributed by atoms with Crippen molar-refractivity contribution in [1.29, 1.82) is 5.41 Å². The van der Waals surface area contributed by atoms with E-state index in [0.29, 0.717) is 29.1 Å². The quantitative estimate of drug-likeness (QED) is 0.202. The fourth-order valence-electron chi connectivity index (χ4n) is 2.81. The minimum Gasteiger partial charge on any atom is -0.451 e. The number of carbonyl (C=O) groups excluding carboxylic acids is 1. The van der Waals surface area contributed by atoms with Gasteiger partial charge in [0.2, 0.25) is 0 Å². The van der Waals surface area contributed by atoms with E-state index < -0.39 is 5.60 Å². The highest BCUT2D eigenvalue weighted by molar-refractivity contribution is 6.30.